The van der Waals surface area contributed by atoms with Gasteiger partial charge in [-0.15, -0.1) is 0 Å². The van der Waals surface area contributed by atoms with Gasteiger partial charge in [-0.2, -0.15) is 0 Å². The Morgan fingerprint density at radius 2 is 1.92 bits per heavy atom. The third-order valence-corrected chi connectivity index (χ3v) is 2.86. The van der Waals surface area contributed by atoms with Crippen molar-refractivity contribution in [2.45, 2.75) is 39.4 Å². The first-order valence-electron chi connectivity index (χ1n) is 4.27. The molecule has 3 heteroatoms. The largest absolute Gasteiger partial charge is 0.459 e. The summed E-state index contributed by atoms with van der Waals surface area (Å²) in [5.74, 6) is -0.705. The van der Waals surface area contributed by atoms with Gasteiger partial charge >= 0.3 is 5.97 Å². The molecule has 0 aliphatic carbocycles. The van der Waals surface area contributed by atoms with E-state index in [1.165, 1.54) is 0 Å². The summed E-state index contributed by atoms with van der Waals surface area (Å²) in [4.78, 5) is 11.2. The molecule has 70 valence electrons. The van der Waals surface area contributed by atoms with E-state index in [0.29, 0.717) is 0 Å². The van der Waals surface area contributed by atoms with Gasteiger partial charge in [-0.1, -0.05) is 6.92 Å². The summed E-state index contributed by atoms with van der Waals surface area (Å²) in [6.45, 7) is 7.24. The molecule has 0 bridgehead atoms. The van der Waals surface area contributed by atoms with E-state index < -0.39 is 17.6 Å². The number of ether oxygens (including phenoxy) is 1. The van der Waals surface area contributed by atoms with E-state index in [-0.39, 0.29) is 11.9 Å². The molecule has 0 aromatic carbocycles. The lowest BCUT2D eigenvalue weighted by molar-refractivity contribution is -0.193. The topological polar surface area (TPSA) is 46.5 Å². The van der Waals surface area contributed by atoms with Crippen LogP contribution in [0.2, 0.25) is 0 Å². The van der Waals surface area contributed by atoms with Gasteiger partial charge in [-0.25, -0.2) is 0 Å². The molecule has 1 aliphatic heterocycles. The first-order chi connectivity index (χ1) is 5.36. The number of cyclic esters (lactones) is 1. The summed E-state index contributed by atoms with van der Waals surface area (Å²) in [7, 11) is 0. The van der Waals surface area contributed by atoms with Gasteiger partial charge in [0, 0.05) is 5.92 Å². The molecule has 1 heterocycles. The Labute approximate surface area is 72.7 Å². The lowest BCUT2D eigenvalue weighted by Crippen LogP contribution is -2.52. The zero-order valence-electron chi connectivity index (χ0n) is 8.00. The highest BCUT2D eigenvalue weighted by Gasteiger charge is 2.45. The molecule has 12 heavy (non-hydrogen) atoms. The van der Waals surface area contributed by atoms with Crippen LogP contribution < -0.4 is 0 Å². The monoisotopic (exact) mass is 172 g/mol. The van der Waals surface area contributed by atoms with Crippen molar-refractivity contribution in [3.8, 4) is 0 Å². The second-order valence-electron chi connectivity index (χ2n) is 4.09. The number of esters is 1. The number of aliphatic hydroxyl groups excluding tert-OH is 1. The summed E-state index contributed by atoms with van der Waals surface area (Å²) >= 11 is 0. The summed E-state index contributed by atoms with van der Waals surface area (Å²) in [5.41, 5.74) is -0.539. The van der Waals surface area contributed by atoms with E-state index in [1.54, 1.807) is 6.92 Å². The minimum Gasteiger partial charge on any atom is -0.459 e. The van der Waals surface area contributed by atoms with Gasteiger partial charge in [0.15, 0.2) is 0 Å². The predicted molar refractivity (Wildman–Crippen MR) is 44.5 cm³/mol. The van der Waals surface area contributed by atoms with Gasteiger partial charge in [0.05, 0.1) is 12.0 Å². The third kappa shape index (κ3) is 1.33. The van der Waals surface area contributed by atoms with Crippen LogP contribution in [0.15, 0.2) is 0 Å². The minimum atomic E-state index is -0.582. The van der Waals surface area contributed by atoms with Gasteiger partial charge in [-0.05, 0) is 20.8 Å². The molecule has 0 amide bonds. The van der Waals surface area contributed by atoms with Crippen molar-refractivity contribution in [1.29, 1.82) is 0 Å². The van der Waals surface area contributed by atoms with Crippen molar-refractivity contribution in [2.24, 2.45) is 11.8 Å². The molecular formula is C9H16O3. The summed E-state index contributed by atoms with van der Waals surface area (Å²) < 4.78 is 5.17. The fourth-order valence-electron chi connectivity index (χ4n) is 1.43. The maximum atomic E-state index is 11.2. The molecule has 0 unspecified atom stereocenters. The van der Waals surface area contributed by atoms with Crippen molar-refractivity contribution in [2.75, 3.05) is 0 Å². The Kier molecular flexibility index (Phi) is 2.17. The third-order valence-electron chi connectivity index (χ3n) is 2.86. The zero-order valence-corrected chi connectivity index (χ0v) is 8.00. The highest BCUT2D eigenvalue weighted by atomic mass is 16.6. The Hall–Kier alpha value is -0.570. The van der Waals surface area contributed by atoms with E-state index >= 15 is 0 Å². The molecule has 0 saturated carbocycles. The summed E-state index contributed by atoms with van der Waals surface area (Å²) in [5, 5.41) is 9.65. The Bertz CT molecular complexity index is 198. The van der Waals surface area contributed by atoms with Gasteiger partial charge in [0.1, 0.15) is 5.60 Å². The predicted octanol–water partition coefficient (Wildman–Crippen LogP) is 0.955. The average molecular weight is 172 g/mol. The van der Waals surface area contributed by atoms with Crippen LogP contribution in [0.1, 0.15) is 27.7 Å². The van der Waals surface area contributed by atoms with Crippen molar-refractivity contribution >= 4 is 5.97 Å². The van der Waals surface area contributed by atoms with Crippen molar-refractivity contribution in [3.63, 3.8) is 0 Å². The molecule has 3 nitrogen and oxygen atoms in total. The highest BCUT2D eigenvalue weighted by molar-refractivity contribution is 5.74. The number of carbonyl (C=O) groups excluding carboxylic acids is 1. The molecular weight excluding hydrogens is 156 g/mol. The van der Waals surface area contributed by atoms with Gasteiger partial charge in [0.25, 0.3) is 0 Å². The van der Waals surface area contributed by atoms with E-state index in [4.69, 9.17) is 4.74 Å². The molecule has 1 saturated heterocycles. The Balaban J connectivity index is 2.85. The van der Waals surface area contributed by atoms with Crippen LogP contribution in [0, 0.1) is 11.8 Å². The Morgan fingerprint density at radius 1 is 1.42 bits per heavy atom. The number of hydrogen-bond acceptors (Lipinski definition) is 3. The standard InChI is InChI=1S/C9H16O3/c1-5-7(10)6(2)9(3,4)12-8(5)11/h5-7,10H,1-4H3/t5-,6+,7-/m0/s1. The molecule has 1 N–H and O–H groups in total. The number of carbonyl (C=O) groups is 1. The maximum Gasteiger partial charge on any atom is 0.311 e. The smallest absolute Gasteiger partial charge is 0.311 e. The van der Waals surface area contributed by atoms with E-state index in [2.05, 4.69) is 0 Å². The first kappa shape index (κ1) is 9.52. The summed E-state index contributed by atoms with van der Waals surface area (Å²) in [6.07, 6.45) is -0.582. The lowest BCUT2D eigenvalue weighted by atomic mass is 9.79. The normalized spacial score (nSPS) is 40.8. The SMILES string of the molecule is C[C@@H]1C(=O)OC(C)(C)[C@H](C)[C@H]1O. The fraction of sp³-hybridized carbons (Fsp3) is 0.889. The van der Waals surface area contributed by atoms with Crippen LogP contribution in [0.25, 0.3) is 0 Å². The maximum absolute atomic E-state index is 11.2. The lowest BCUT2D eigenvalue weighted by Gasteiger charge is -2.41. The van der Waals surface area contributed by atoms with Crippen LogP contribution in [-0.4, -0.2) is 22.8 Å². The van der Waals surface area contributed by atoms with Crippen LogP contribution in [0.5, 0.6) is 0 Å². The van der Waals surface area contributed by atoms with Crippen molar-refractivity contribution in [3.05, 3.63) is 0 Å². The summed E-state index contributed by atoms with van der Waals surface area (Å²) in [6, 6.07) is 0. The van der Waals surface area contributed by atoms with Crippen LogP contribution in [0.3, 0.4) is 0 Å². The molecule has 0 aromatic rings. The highest BCUT2D eigenvalue weighted by Crippen LogP contribution is 2.33. The van der Waals surface area contributed by atoms with Crippen LogP contribution in [-0.2, 0) is 9.53 Å². The van der Waals surface area contributed by atoms with Crippen LogP contribution >= 0.6 is 0 Å². The van der Waals surface area contributed by atoms with E-state index in [0.717, 1.165) is 0 Å². The van der Waals surface area contributed by atoms with Crippen molar-refractivity contribution < 1.29 is 14.6 Å². The first-order valence-corrected chi connectivity index (χ1v) is 4.27. The van der Waals surface area contributed by atoms with Gasteiger partial charge in [-0.3, -0.25) is 4.79 Å². The minimum absolute atomic E-state index is 0.00907. The van der Waals surface area contributed by atoms with Crippen LogP contribution in [0.4, 0.5) is 0 Å². The fourth-order valence-corrected chi connectivity index (χ4v) is 1.43. The number of rotatable bonds is 0. The average Bonchev–Trinajstić information content (AvgIpc) is 1.97. The molecule has 3 atom stereocenters. The molecule has 0 radical (unpaired) electrons. The number of aliphatic hydroxyl groups is 1. The van der Waals surface area contributed by atoms with Gasteiger partial charge in [0.2, 0.25) is 0 Å². The van der Waals surface area contributed by atoms with Gasteiger partial charge < -0.3 is 9.84 Å². The Morgan fingerprint density at radius 3 is 2.42 bits per heavy atom. The van der Waals surface area contributed by atoms with E-state index in [1.807, 2.05) is 20.8 Å². The second kappa shape index (κ2) is 2.73. The second-order valence-corrected chi connectivity index (χ2v) is 4.09. The van der Waals surface area contributed by atoms with E-state index in [9.17, 15) is 9.90 Å². The molecule has 0 spiro atoms. The molecule has 1 fully saturated rings. The quantitative estimate of drug-likeness (QED) is 0.553. The molecule has 1 aliphatic rings. The van der Waals surface area contributed by atoms with Crippen molar-refractivity contribution in [1.82, 2.24) is 0 Å². The zero-order chi connectivity index (χ0) is 9.52. The molecule has 0 aromatic heterocycles. The molecule has 1 rings (SSSR count). The number of hydrogen-bond donors (Lipinski definition) is 1.